The van der Waals surface area contributed by atoms with Crippen molar-refractivity contribution >= 4 is 0 Å². The first-order chi connectivity index (χ1) is 7.31. The van der Waals surface area contributed by atoms with Crippen molar-refractivity contribution < 1.29 is 0 Å². The average Bonchev–Trinajstić information content (AvgIpc) is 2.30. The number of piperidine rings is 1. The first-order valence-corrected chi connectivity index (χ1v) is 6.75. The number of likely N-dealkylation sites (tertiary alicyclic amines) is 1. The normalized spacial score (nSPS) is 39.2. The van der Waals surface area contributed by atoms with Gasteiger partial charge >= 0.3 is 0 Å². The van der Waals surface area contributed by atoms with Crippen molar-refractivity contribution in [3.05, 3.63) is 0 Å². The van der Waals surface area contributed by atoms with Crippen molar-refractivity contribution in [1.29, 1.82) is 0 Å². The Hall–Kier alpha value is -0.0800. The van der Waals surface area contributed by atoms with Gasteiger partial charge in [0.1, 0.15) is 0 Å². The van der Waals surface area contributed by atoms with E-state index >= 15 is 0 Å². The number of hydrogen-bond acceptors (Lipinski definition) is 2. The molecule has 88 valence electrons. The van der Waals surface area contributed by atoms with Crippen LogP contribution in [-0.4, -0.2) is 30.6 Å². The molecule has 1 saturated heterocycles. The molecule has 1 heterocycles. The second-order valence-corrected chi connectivity index (χ2v) is 5.57. The van der Waals surface area contributed by atoms with E-state index in [4.69, 9.17) is 5.73 Å². The van der Waals surface area contributed by atoms with Gasteiger partial charge in [-0.2, -0.15) is 0 Å². The fourth-order valence-corrected chi connectivity index (χ4v) is 3.43. The second kappa shape index (κ2) is 5.31. The van der Waals surface area contributed by atoms with Gasteiger partial charge < -0.3 is 5.73 Å². The molecule has 0 aromatic heterocycles. The third kappa shape index (κ3) is 2.73. The van der Waals surface area contributed by atoms with E-state index in [9.17, 15) is 0 Å². The Morgan fingerprint density at radius 3 is 2.67 bits per heavy atom. The van der Waals surface area contributed by atoms with E-state index in [-0.39, 0.29) is 0 Å². The lowest BCUT2D eigenvalue weighted by Gasteiger charge is -2.42. The van der Waals surface area contributed by atoms with Gasteiger partial charge in [0.05, 0.1) is 0 Å². The lowest BCUT2D eigenvalue weighted by Crippen LogP contribution is -2.48. The zero-order valence-electron chi connectivity index (χ0n) is 10.1. The Kier molecular flexibility index (Phi) is 4.04. The number of hydrogen-bond donors (Lipinski definition) is 1. The van der Waals surface area contributed by atoms with Crippen molar-refractivity contribution in [2.24, 2.45) is 17.6 Å². The summed E-state index contributed by atoms with van der Waals surface area (Å²) in [5, 5.41) is 0. The van der Waals surface area contributed by atoms with E-state index in [1.165, 1.54) is 51.6 Å². The minimum Gasteiger partial charge on any atom is -0.330 e. The van der Waals surface area contributed by atoms with Crippen LogP contribution < -0.4 is 5.73 Å². The van der Waals surface area contributed by atoms with Crippen LogP contribution in [0.4, 0.5) is 0 Å². The van der Waals surface area contributed by atoms with Gasteiger partial charge in [-0.15, -0.1) is 0 Å². The number of rotatable bonds is 2. The van der Waals surface area contributed by atoms with Crippen molar-refractivity contribution in [1.82, 2.24) is 4.90 Å². The van der Waals surface area contributed by atoms with Gasteiger partial charge in [0.2, 0.25) is 0 Å². The van der Waals surface area contributed by atoms with Crippen LogP contribution in [0.15, 0.2) is 0 Å². The van der Waals surface area contributed by atoms with Crippen LogP contribution in [0.2, 0.25) is 0 Å². The molecule has 0 spiro atoms. The largest absolute Gasteiger partial charge is 0.330 e. The predicted molar refractivity (Wildman–Crippen MR) is 64.8 cm³/mol. The number of nitrogens with zero attached hydrogens (tertiary/aromatic N) is 1. The van der Waals surface area contributed by atoms with E-state index in [0.717, 1.165) is 24.4 Å². The first-order valence-electron chi connectivity index (χ1n) is 6.75. The fourth-order valence-electron chi connectivity index (χ4n) is 3.43. The highest BCUT2D eigenvalue weighted by molar-refractivity contribution is 4.84. The van der Waals surface area contributed by atoms with Crippen LogP contribution in [0.25, 0.3) is 0 Å². The molecule has 0 amide bonds. The molecule has 15 heavy (non-hydrogen) atoms. The van der Waals surface area contributed by atoms with E-state index in [1.807, 2.05) is 0 Å². The quantitative estimate of drug-likeness (QED) is 0.757. The van der Waals surface area contributed by atoms with Crippen LogP contribution in [0, 0.1) is 11.8 Å². The minimum absolute atomic E-state index is 0.771. The zero-order chi connectivity index (χ0) is 10.7. The average molecular weight is 210 g/mol. The highest BCUT2D eigenvalue weighted by Crippen LogP contribution is 2.30. The van der Waals surface area contributed by atoms with E-state index in [0.29, 0.717) is 0 Å². The SMILES string of the molecule is CC1CCCCC1N1CCCC(CN)C1. The molecule has 0 bridgehead atoms. The maximum Gasteiger partial charge on any atom is 0.0121 e. The Balaban J connectivity index is 1.90. The molecule has 2 rings (SSSR count). The highest BCUT2D eigenvalue weighted by atomic mass is 15.2. The summed E-state index contributed by atoms with van der Waals surface area (Å²) in [4.78, 5) is 2.74. The zero-order valence-corrected chi connectivity index (χ0v) is 10.1. The van der Waals surface area contributed by atoms with Crippen LogP contribution >= 0.6 is 0 Å². The van der Waals surface area contributed by atoms with Crippen molar-refractivity contribution in [2.45, 2.75) is 51.5 Å². The summed E-state index contributed by atoms with van der Waals surface area (Å²) in [5.74, 6) is 1.68. The summed E-state index contributed by atoms with van der Waals surface area (Å²) >= 11 is 0. The van der Waals surface area contributed by atoms with Gasteiger partial charge in [0.25, 0.3) is 0 Å². The van der Waals surface area contributed by atoms with Crippen molar-refractivity contribution in [3.63, 3.8) is 0 Å². The van der Waals surface area contributed by atoms with E-state index < -0.39 is 0 Å². The van der Waals surface area contributed by atoms with Gasteiger partial charge in [-0.25, -0.2) is 0 Å². The Morgan fingerprint density at radius 2 is 1.93 bits per heavy atom. The Bertz CT molecular complexity index is 193. The maximum atomic E-state index is 5.80. The van der Waals surface area contributed by atoms with Crippen molar-refractivity contribution in [2.75, 3.05) is 19.6 Å². The molecule has 3 atom stereocenters. The van der Waals surface area contributed by atoms with Gasteiger partial charge in [-0.05, 0) is 50.6 Å². The van der Waals surface area contributed by atoms with Crippen LogP contribution in [0.5, 0.6) is 0 Å². The minimum atomic E-state index is 0.771. The van der Waals surface area contributed by atoms with Crippen LogP contribution in [-0.2, 0) is 0 Å². The fraction of sp³-hybridized carbons (Fsp3) is 1.00. The molecule has 0 radical (unpaired) electrons. The summed E-state index contributed by atoms with van der Waals surface area (Å²) in [7, 11) is 0. The highest BCUT2D eigenvalue weighted by Gasteiger charge is 2.30. The van der Waals surface area contributed by atoms with Gasteiger partial charge in [0.15, 0.2) is 0 Å². The van der Waals surface area contributed by atoms with Crippen LogP contribution in [0.1, 0.15) is 45.4 Å². The van der Waals surface area contributed by atoms with Gasteiger partial charge in [0, 0.05) is 12.6 Å². The third-order valence-electron chi connectivity index (χ3n) is 4.42. The molecule has 3 unspecified atom stereocenters. The Morgan fingerprint density at radius 1 is 1.13 bits per heavy atom. The van der Waals surface area contributed by atoms with E-state index in [1.54, 1.807) is 0 Å². The molecule has 2 fully saturated rings. The van der Waals surface area contributed by atoms with Gasteiger partial charge in [-0.1, -0.05) is 19.8 Å². The molecule has 2 N–H and O–H groups in total. The molecule has 1 aliphatic carbocycles. The monoisotopic (exact) mass is 210 g/mol. The van der Waals surface area contributed by atoms with Gasteiger partial charge in [-0.3, -0.25) is 4.90 Å². The molecule has 0 aromatic rings. The maximum absolute atomic E-state index is 5.80. The van der Waals surface area contributed by atoms with Crippen LogP contribution in [0.3, 0.4) is 0 Å². The lowest BCUT2D eigenvalue weighted by atomic mass is 9.83. The molecule has 2 nitrogen and oxygen atoms in total. The summed E-state index contributed by atoms with van der Waals surface area (Å²) in [6.07, 6.45) is 8.48. The molecular formula is C13H26N2. The summed E-state index contributed by atoms with van der Waals surface area (Å²) < 4.78 is 0. The molecular weight excluding hydrogens is 184 g/mol. The number of nitrogens with two attached hydrogens (primary N) is 1. The molecule has 1 aliphatic heterocycles. The van der Waals surface area contributed by atoms with E-state index in [2.05, 4.69) is 11.8 Å². The predicted octanol–water partition coefficient (Wildman–Crippen LogP) is 2.24. The standard InChI is InChI=1S/C13H26N2/c1-11-5-2-3-7-13(11)15-8-4-6-12(9-14)10-15/h11-13H,2-10,14H2,1H3. The van der Waals surface area contributed by atoms with Crippen molar-refractivity contribution in [3.8, 4) is 0 Å². The molecule has 1 saturated carbocycles. The molecule has 2 aliphatic rings. The lowest BCUT2D eigenvalue weighted by molar-refractivity contribution is 0.0695. The molecule has 2 heteroatoms. The summed E-state index contributed by atoms with van der Waals surface area (Å²) in [6, 6.07) is 0.869. The smallest absolute Gasteiger partial charge is 0.0121 e. The topological polar surface area (TPSA) is 29.3 Å². The summed E-state index contributed by atoms with van der Waals surface area (Å²) in [5.41, 5.74) is 5.80. The first kappa shape index (κ1) is 11.4. The molecule has 0 aromatic carbocycles. The Labute approximate surface area is 94.2 Å². The second-order valence-electron chi connectivity index (χ2n) is 5.57. The third-order valence-corrected chi connectivity index (χ3v) is 4.42. The summed E-state index contributed by atoms with van der Waals surface area (Å²) in [6.45, 7) is 5.92.